The predicted octanol–water partition coefficient (Wildman–Crippen LogP) is 1.00. The molecule has 0 saturated heterocycles. The smallest absolute Gasteiger partial charge is 1.00 e. The Kier molecular flexibility index (Phi) is 8.26. The third kappa shape index (κ3) is 5.72. The quantitative estimate of drug-likeness (QED) is 0.524. The van der Waals surface area contributed by atoms with E-state index in [4.69, 9.17) is 4.89 Å². The molecule has 0 aromatic carbocycles. The molecule has 0 bridgehead atoms. The molecule has 0 aromatic heterocycles. The van der Waals surface area contributed by atoms with Crippen LogP contribution in [0.1, 0.15) is 2.85 Å². The molecule has 0 aliphatic carbocycles. The minimum absolute atomic E-state index is 0. The topological polar surface area (TPSA) is 55.8 Å². The van der Waals surface area contributed by atoms with Crippen molar-refractivity contribution < 1.29 is 25.6 Å². The first-order valence-corrected chi connectivity index (χ1v) is 2.86. The van der Waals surface area contributed by atoms with Gasteiger partial charge in [0.2, 0.25) is 0 Å². The fourth-order valence-electron chi connectivity index (χ4n) is 0.0106. The number of hydrogen-bond donors (Lipinski definition) is 1. The van der Waals surface area contributed by atoms with Crippen LogP contribution < -0.4 is 0 Å². The third-order valence-corrected chi connectivity index (χ3v) is 1.05. The van der Waals surface area contributed by atoms with Crippen molar-refractivity contribution in [2.45, 2.75) is 0 Å². The van der Waals surface area contributed by atoms with Gasteiger partial charge in [-0.2, -0.15) is 4.08 Å². The summed E-state index contributed by atoms with van der Waals surface area (Å²) in [6, 6.07) is 0. The molecule has 4 nitrogen and oxygen atoms in total. The molecule has 0 radical (unpaired) electrons. The van der Waals surface area contributed by atoms with E-state index in [1.54, 1.807) is 0 Å². The molecule has 8 heavy (non-hydrogen) atoms. The van der Waals surface area contributed by atoms with Gasteiger partial charge in [0.05, 0.1) is 11.9 Å². The SMILES string of the molecule is O=P(O)(OF)OCl.[Ca+2].[H-].[H-]. The minimum atomic E-state index is -4.56. The zero-order chi connectivity index (χ0) is 5.91. The molecular weight excluding hydrogens is 189 g/mol. The minimum Gasteiger partial charge on any atom is -1.00 e. The Morgan fingerprint density at radius 3 is 2.25 bits per heavy atom. The van der Waals surface area contributed by atoms with E-state index in [0.717, 1.165) is 0 Å². The molecule has 0 spiro atoms. The van der Waals surface area contributed by atoms with Crippen LogP contribution in [-0.4, -0.2) is 42.6 Å². The number of halogens is 2. The second-order valence-electron chi connectivity index (χ2n) is 0.607. The molecule has 0 heterocycles. The molecule has 0 aromatic rings. The average molecular weight is 193 g/mol. The maximum absolute atomic E-state index is 10.5. The molecule has 0 amide bonds. The Bertz CT molecular complexity index is 95.3. The van der Waals surface area contributed by atoms with Crippen LogP contribution in [-0.2, 0) is 13.4 Å². The monoisotopic (exact) mass is 192 g/mol. The van der Waals surface area contributed by atoms with E-state index >= 15 is 0 Å². The molecule has 1 atom stereocenters. The molecule has 0 fully saturated rings. The van der Waals surface area contributed by atoms with E-state index in [1.807, 2.05) is 0 Å². The van der Waals surface area contributed by atoms with E-state index in [0.29, 0.717) is 0 Å². The average Bonchev–Trinajstić information content (AvgIpc) is 1.68. The summed E-state index contributed by atoms with van der Waals surface area (Å²) < 4.78 is 25.5. The van der Waals surface area contributed by atoms with E-state index in [1.165, 1.54) is 0 Å². The maximum Gasteiger partial charge on any atom is 2.00 e. The van der Waals surface area contributed by atoms with Gasteiger partial charge >= 0.3 is 45.6 Å². The summed E-state index contributed by atoms with van der Waals surface area (Å²) >= 11 is 4.22. The second kappa shape index (κ2) is 5.38. The van der Waals surface area contributed by atoms with Crippen LogP contribution in [0.2, 0.25) is 0 Å². The van der Waals surface area contributed by atoms with Gasteiger partial charge in [0.25, 0.3) is 0 Å². The Morgan fingerprint density at radius 2 is 2.25 bits per heavy atom. The van der Waals surface area contributed by atoms with E-state index in [9.17, 15) is 9.09 Å². The van der Waals surface area contributed by atoms with E-state index in [2.05, 4.69) is 20.7 Å². The zero-order valence-electron chi connectivity index (χ0n) is 5.58. The Balaban J connectivity index is -0.0000000600. The zero-order valence-corrected chi connectivity index (χ0v) is 7.44. The van der Waals surface area contributed by atoms with E-state index < -0.39 is 7.82 Å². The molecule has 0 saturated carbocycles. The summed E-state index contributed by atoms with van der Waals surface area (Å²) in [6.07, 6.45) is 0. The molecule has 1 N–H and O–H groups in total. The third-order valence-electron chi connectivity index (χ3n) is 0.174. The summed E-state index contributed by atoms with van der Waals surface area (Å²) in [4.78, 5) is 7.74. The standard InChI is InChI=1S/Ca.ClFHO4P.2H/c;1-5-7(3,4)6-2;;/h;(H,3,4);;/q+2;;2*-1. The second-order valence-corrected chi connectivity index (χ2v) is 2.23. The van der Waals surface area contributed by atoms with Gasteiger partial charge in [-0.15, -0.1) is 0 Å². The molecule has 0 aliphatic rings. The molecule has 48 valence electrons. The fraction of sp³-hybridized carbons (Fsp3) is 0. The van der Waals surface area contributed by atoms with Gasteiger partial charge < -0.3 is 2.85 Å². The summed E-state index contributed by atoms with van der Waals surface area (Å²) in [5, 5.41) is 0. The first-order chi connectivity index (χ1) is 3.12. The van der Waals surface area contributed by atoms with Crippen LogP contribution in [0.3, 0.4) is 0 Å². The van der Waals surface area contributed by atoms with Crippen LogP contribution in [0.5, 0.6) is 0 Å². The first kappa shape index (κ1) is 12.3. The van der Waals surface area contributed by atoms with Gasteiger partial charge in [-0.3, -0.25) is 4.89 Å². The van der Waals surface area contributed by atoms with Gasteiger partial charge in [0, 0.05) is 0 Å². The van der Waals surface area contributed by atoms with Crippen molar-refractivity contribution in [1.82, 2.24) is 0 Å². The van der Waals surface area contributed by atoms with Crippen LogP contribution in [0.4, 0.5) is 4.53 Å². The number of rotatable bonds is 2. The van der Waals surface area contributed by atoms with Crippen LogP contribution in [0, 0.1) is 0 Å². The summed E-state index contributed by atoms with van der Waals surface area (Å²) in [5.74, 6) is 0. The van der Waals surface area contributed by atoms with Crippen molar-refractivity contribution >= 4 is 57.4 Å². The largest absolute Gasteiger partial charge is 2.00 e. The van der Waals surface area contributed by atoms with Gasteiger partial charge in [-0.05, 0) is 4.53 Å². The van der Waals surface area contributed by atoms with Gasteiger partial charge in [0.1, 0.15) is 0 Å². The van der Waals surface area contributed by atoms with Gasteiger partial charge in [0.15, 0.2) is 0 Å². The summed E-state index contributed by atoms with van der Waals surface area (Å²) in [6.45, 7) is 0. The fourth-order valence-corrected chi connectivity index (χ4v) is 0.0958. The van der Waals surface area contributed by atoms with Gasteiger partial charge in [-0.25, -0.2) is 4.57 Å². The first-order valence-electron chi connectivity index (χ1n) is 1.06. The van der Waals surface area contributed by atoms with Gasteiger partial charge in [-0.1, -0.05) is 4.73 Å². The molecule has 1 unspecified atom stereocenters. The van der Waals surface area contributed by atoms with Crippen LogP contribution in [0.25, 0.3) is 0 Å². The molecule has 0 aliphatic heterocycles. The van der Waals surface area contributed by atoms with Crippen LogP contribution >= 0.6 is 19.7 Å². The van der Waals surface area contributed by atoms with E-state index in [-0.39, 0.29) is 40.6 Å². The maximum atomic E-state index is 10.5. The number of hydrogen-bond acceptors (Lipinski definition) is 3. The van der Waals surface area contributed by atoms with Crippen molar-refractivity contribution in [2.24, 2.45) is 0 Å². The summed E-state index contributed by atoms with van der Waals surface area (Å²) in [7, 11) is -4.56. The Hall–Kier alpha value is 1.59. The van der Waals surface area contributed by atoms with Crippen molar-refractivity contribution in [3.8, 4) is 0 Å². The Labute approximate surface area is 82.6 Å². The normalized spacial score (nSPS) is 16.4. The van der Waals surface area contributed by atoms with Crippen LogP contribution in [0.15, 0.2) is 0 Å². The number of phosphoric acid groups is 1. The molecule has 0 rings (SSSR count). The van der Waals surface area contributed by atoms with Crippen molar-refractivity contribution in [3.05, 3.63) is 0 Å². The molecule has 8 heteroatoms. The summed E-state index contributed by atoms with van der Waals surface area (Å²) in [5.41, 5.74) is 0. The van der Waals surface area contributed by atoms with Crippen molar-refractivity contribution in [2.75, 3.05) is 0 Å². The van der Waals surface area contributed by atoms with Crippen molar-refractivity contribution in [3.63, 3.8) is 0 Å². The van der Waals surface area contributed by atoms with Crippen molar-refractivity contribution in [1.29, 1.82) is 0 Å². The Morgan fingerprint density at radius 1 is 1.88 bits per heavy atom. The predicted molar refractivity (Wildman–Crippen MR) is 26.9 cm³/mol. The molecular formula is H3CaClFO4P.